The van der Waals surface area contributed by atoms with Gasteiger partial charge in [-0.2, -0.15) is 0 Å². The van der Waals surface area contributed by atoms with Crippen molar-refractivity contribution in [2.45, 2.75) is 146 Å². The van der Waals surface area contributed by atoms with Crippen LogP contribution < -0.4 is 5.32 Å². The van der Waals surface area contributed by atoms with Gasteiger partial charge in [-0.15, -0.1) is 0 Å². The van der Waals surface area contributed by atoms with Crippen molar-refractivity contribution in [2.24, 2.45) is 32.5 Å². The van der Waals surface area contributed by atoms with Crippen molar-refractivity contribution >= 4 is 0 Å². The summed E-state index contributed by atoms with van der Waals surface area (Å²) in [4.78, 5) is 13.0. The third-order valence-electron chi connectivity index (χ3n) is 6.53. The van der Waals surface area contributed by atoms with Crippen molar-refractivity contribution in [3.63, 3.8) is 0 Å². The number of rotatable bonds is 11. The molecule has 0 radical (unpaired) electrons. The Labute approximate surface area is 287 Å². The Morgan fingerprint density at radius 2 is 0.778 bits per heavy atom. The molecule has 1 heterocycles. The van der Waals surface area contributed by atoms with Crippen molar-refractivity contribution in [1.82, 2.24) is 29.8 Å². The molecule has 0 bridgehead atoms. The van der Waals surface area contributed by atoms with E-state index in [1.807, 2.05) is 0 Å². The third kappa shape index (κ3) is 30.8. The van der Waals surface area contributed by atoms with Crippen molar-refractivity contribution in [2.75, 3.05) is 79.2 Å². The monoisotopic (exact) mass is 643 g/mol. The molecule has 1 aliphatic heterocycles. The first-order valence-corrected chi connectivity index (χ1v) is 17.3. The van der Waals surface area contributed by atoms with E-state index in [9.17, 15) is 0 Å². The van der Waals surface area contributed by atoms with Gasteiger partial charge in [-0.1, -0.05) is 146 Å². The van der Waals surface area contributed by atoms with E-state index in [1.54, 1.807) is 0 Å². The van der Waals surface area contributed by atoms with Gasteiger partial charge >= 0.3 is 0 Å². The number of nitrogens with zero attached hydrogens (tertiary/aromatic N) is 5. The molecule has 1 saturated heterocycles. The van der Waals surface area contributed by atoms with E-state index < -0.39 is 0 Å². The van der Waals surface area contributed by atoms with Gasteiger partial charge in [0.05, 0.1) is 26.7 Å². The summed E-state index contributed by atoms with van der Waals surface area (Å²) in [6.45, 7) is 57.3. The molecule has 0 spiro atoms. The Kier molecular flexibility index (Phi) is 21.5. The molecule has 276 valence electrons. The van der Waals surface area contributed by atoms with Crippen LogP contribution in [-0.4, -0.2) is 104 Å². The zero-order valence-corrected chi connectivity index (χ0v) is 33.2. The predicted octanol–water partition coefficient (Wildman–Crippen LogP) is 9.44. The lowest BCUT2D eigenvalue weighted by molar-refractivity contribution is -0.0633. The first-order chi connectivity index (χ1) is 19.0. The van der Waals surface area contributed by atoms with E-state index in [0.29, 0.717) is 32.5 Å². The zero-order chi connectivity index (χ0) is 34.1. The van der Waals surface area contributed by atoms with E-state index in [2.05, 4.69) is 161 Å². The van der Waals surface area contributed by atoms with Gasteiger partial charge in [0.15, 0.2) is 0 Å². The van der Waals surface area contributed by atoms with Gasteiger partial charge in [0.2, 0.25) is 0 Å². The summed E-state index contributed by atoms with van der Waals surface area (Å²) in [5, 5.41) is 3.64. The van der Waals surface area contributed by atoms with Gasteiger partial charge in [-0.05, 0) is 39.0 Å². The standard InChI is InChI=1S/C19H43N3.C18H39N3.2CH4/c1-11-21(13-18(5,6)7)16-22(14-19(8,9)10)15-20-12-17(2,3)4;1-16(2,3)10-19-13-20(11-17(4,5)6)15-21(14-19)12-18(7,8)9;;/h20H,11-16H2,1-10H3;10-15H2,1-9H3;2*1H4. The summed E-state index contributed by atoms with van der Waals surface area (Å²) >= 11 is 0. The van der Waals surface area contributed by atoms with Crippen LogP contribution >= 0.6 is 0 Å². The van der Waals surface area contributed by atoms with Crippen LogP contribution in [0, 0.1) is 32.5 Å². The molecule has 6 nitrogen and oxygen atoms in total. The lowest BCUT2D eigenvalue weighted by Gasteiger charge is -2.47. The second-order valence-electron chi connectivity index (χ2n) is 21.0. The summed E-state index contributed by atoms with van der Waals surface area (Å²) in [7, 11) is 0. The van der Waals surface area contributed by atoms with Crippen LogP contribution in [0.15, 0.2) is 0 Å². The van der Waals surface area contributed by atoms with Gasteiger partial charge < -0.3 is 5.32 Å². The molecule has 1 rings (SSSR count). The van der Waals surface area contributed by atoms with Crippen molar-refractivity contribution in [1.29, 1.82) is 0 Å². The van der Waals surface area contributed by atoms with Crippen molar-refractivity contribution in [3.05, 3.63) is 0 Å². The fourth-order valence-corrected chi connectivity index (χ4v) is 5.93. The van der Waals surface area contributed by atoms with Crippen LogP contribution in [0.4, 0.5) is 0 Å². The molecule has 0 saturated carbocycles. The fourth-order valence-electron chi connectivity index (χ4n) is 5.93. The minimum absolute atomic E-state index is 0. The second-order valence-corrected chi connectivity index (χ2v) is 21.0. The lowest BCUT2D eigenvalue weighted by atomic mass is 9.94. The Bertz CT molecular complexity index is 678. The minimum atomic E-state index is 0. The van der Waals surface area contributed by atoms with Gasteiger partial charge in [0, 0.05) is 45.9 Å². The molecular weight excluding hydrogens is 552 g/mol. The van der Waals surface area contributed by atoms with E-state index in [-0.39, 0.29) is 14.9 Å². The Balaban J connectivity index is -0.000000751. The average Bonchev–Trinajstić information content (AvgIpc) is 2.66. The number of hydrogen-bond donors (Lipinski definition) is 1. The Morgan fingerprint density at radius 1 is 0.467 bits per heavy atom. The molecule has 0 aromatic rings. The fraction of sp³-hybridized carbons (Fsp3) is 1.00. The topological polar surface area (TPSA) is 28.2 Å². The highest BCUT2D eigenvalue weighted by Gasteiger charge is 2.30. The predicted molar refractivity (Wildman–Crippen MR) is 207 cm³/mol. The second kappa shape index (κ2) is 19.7. The number of nitrogens with one attached hydrogen (secondary N) is 1. The first kappa shape index (κ1) is 49.2. The largest absolute Gasteiger partial charge is 0.304 e. The van der Waals surface area contributed by atoms with Gasteiger partial charge in [-0.25, -0.2) is 0 Å². The van der Waals surface area contributed by atoms with E-state index >= 15 is 0 Å². The molecular formula is C39H90N6. The summed E-state index contributed by atoms with van der Waals surface area (Å²) < 4.78 is 0. The van der Waals surface area contributed by atoms with Crippen LogP contribution in [0.25, 0.3) is 0 Å². The Morgan fingerprint density at radius 3 is 1.02 bits per heavy atom. The molecule has 0 unspecified atom stereocenters. The smallest absolute Gasteiger partial charge is 0.0530 e. The minimum Gasteiger partial charge on any atom is -0.304 e. The van der Waals surface area contributed by atoms with Crippen LogP contribution in [0.2, 0.25) is 0 Å². The van der Waals surface area contributed by atoms with Crippen LogP contribution in [-0.2, 0) is 0 Å². The summed E-state index contributed by atoms with van der Waals surface area (Å²) in [6, 6.07) is 0. The SMILES string of the molecule is C.C.CC(C)(C)CN1CN(CC(C)(C)C)CN(CC(C)(C)C)C1.CCN(CN(CNCC(C)(C)C)CC(C)(C)C)CC(C)(C)C. The molecule has 45 heavy (non-hydrogen) atoms. The van der Waals surface area contributed by atoms with Gasteiger partial charge in [0.25, 0.3) is 0 Å². The molecule has 0 amide bonds. The summed E-state index contributed by atoms with van der Waals surface area (Å²) in [6.07, 6.45) is 0. The van der Waals surface area contributed by atoms with Crippen molar-refractivity contribution in [3.8, 4) is 0 Å². The molecule has 0 atom stereocenters. The molecule has 0 aliphatic carbocycles. The molecule has 0 aromatic heterocycles. The van der Waals surface area contributed by atoms with Gasteiger partial charge in [0.1, 0.15) is 0 Å². The summed E-state index contributed by atoms with van der Waals surface area (Å²) in [5.41, 5.74) is 2.09. The Hall–Kier alpha value is -0.240. The molecule has 6 heteroatoms. The third-order valence-corrected chi connectivity index (χ3v) is 6.53. The highest BCUT2D eigenvalue weighted by molar-refractivity contribution is 4.80. The quantitative estimate of drug-likeness (QED) is 0.226. The zero-order valence-electron chi connectivity index (χ0n) is 33.2. The molecule has 0 aromatic carbocycles. The highest BCUT2D eigenvalue weighted by atomic mass is 15.5. The van der Waals surface area contributed by atoms with Crippen LogP contribution in [0.3, 0.4) is 0 Å². The molecule has 1 N–H and O–H groups in total. The van der Waals surface area contributed by atoms with E-state index in [4.69, 9.17) is 0 Å². The maximum Gasteiger partial charge on any atom is 0.0530 e. The molecule has 1 fully saturated rings. The van der Waals surface area contributed by atoms with Gasteiger partial charge in [-0.3, -0.25) is 24.5 Å². The lowest BCUT2D eigenvalue weighted by Crippen LogP contribution is -2.58. The average molecular weight is 643 g/mol. The van der Waals surface area contributed by atoms with E-state index in [0.717, 1.165) is 79.2 Å². The summed E-state index contributed by atoms with van der Waals surface area (Å²) in [5.74, 6) is 0. The normalized spacial score (nSPS) is 16.7. The first-order valence-electron chi connectivity index (χ1n) is 17.3. The maximum absolute atomic E-state index is 3.64. The highest BCUT2D eigenvalue weighted by Crippen LogP contribution is 2.24. The van der Waals surface area contributed by atoms with Crippen molar-refractivity contribution < 1.29 is 0 Å². The number of hydrogen-bond acceptors (Lipinski definition) is 6. The maximum atomic E-state index is 3.64. The molecule has 1 aliphatic rings. The van der Waals surface area contributed by atoms with Crippen LogP contribution in [0.5, 0.6) is 0 Å². The van der Waals surface area contributed by atoms with Crippen LogP contribution in [0.1, 0.15) is 146 Å². The van der Waals surface area contributed by atoms with E-state index in [1.165, 1.54) is 0 Å².